The number of hydrogen-bond acceptors (Lipinski definition) is 3. The number of benzene rings is 2. The molecule has 2 aromatic rings. The zero-order valence-corrected chi connectivity index (χ0v) is 12.5. The van der Waals surface area contributed by atoms with Gasteiger partial charge in [0, 0.05) is 18.7 Å². The normalized spacial score (nSPS) is 14.1. The van der Waals surface area contributed by atoms with Crippen LogP contribution in [0.3, 0.4) is 0 Å². The van der Waals surface area contributed by atoms with Crippen molar-refractivity contribution in [2.24, 2.45) is 0 Å². The summed E-state index contributed by atoms with van der Waals surface area (Å²) in [7, 11) is 0. The molecule has 1 fully saturated rings. The predicted molar refractivity (Wildman–Crippen MR) is 83.8 cm³/mol. The minimum Gasteiger partial charge on any atom is -0.426 e. The zero-order valence-electron chi connectivity index (χ0n) is 12.5. The van der Waals surface area contributed by atoms with E-state index in [2.05, 4.69) is 0 Å². The number of ether oxygens (including phenoxy) is 1. The Morgan fingerprint density at radius 2 is 1.78 bits per heavy atom. The van der Waals surface area contributed by atoms with Crippen LogP contribution >= 0.6 is 0 Å². The van der Waals surface area contributed by atoms with Crippen LogP contribution in [-0.2, 0) is 16.0 Å². The molecule has 0 radical (unpaired) electrons. The van der Waals surface area contributed by atoms with Crippen molar-refractivity contribution in [1.82, 2.24) is 0 Å². The minimum atomic E-state index is -0.415. The summed E-state index contributed by atoms with van der Waals surface area (Å²) >= 11 is 0. The molecule has 0 atom stereocenters. The molecule has 0 aromatic heterocycles. The molecule has 0 bridgehead atoms. The van der Waals surface area contributed by atoms with Crippen molar-refractivity contribution in [3.8, 4) is 5.75 Å². The van der Waals surface area contributed by atoms with E-state index in [9.17, 15) is 14.0 Å². The molecule has 1 amide bonds. The largest absolute Gasteiger partial charge is 0.426 e. The van der Waals surface area contributed by atoms with Gasteiger partial charge >= 0.3 is 5.97 Å². The Hall–Kier alpha value is -2.69. The van der Waals surface area contributed by atoms with E-state index < -0.39 is 5.97 Å². The molecule has 5 heteroatoms. The number of hydrogen-bond donors (Lipinski definition) is 0. The predicted octanol–water partition coefficient (Wildman–Crippen LogP) is 3.10. The summed E-state index contributed by atoms with van der Waals surface area (Å²) in [6.07, 6.45) is 1.52. The van der Waals surface area contributed by atoms with E-state index in [1.54, 1.807) is 41.3 Å². The van der Waals surface area contributed by atoms with Gasteiger partial charge in [-0.05, 0) is 48.4 Å². The molecule has 1 aliphatic rings. The number of carbonyl (C=O) groups excluding carboxylic acids is 2. The first kappa shape index (κ1) is 15.2. The van der Waals surface area contributed by atoms with Gasteiger partial charge in [-0.3, -0.25) is 9.59 Å². The highest BCUT2D eigenvalue weighted by Gasteiger charge is 2.21. The first-order valence-electron chi connectivity index (χ1n) is 7.47. The van der Waals surface area contributed by atoms with Crippen LogP contribution < -0.4 is 9.64 Å². The van der Waals surface area contributed by atoms with E-state index in [1.807, 2.05) is 0 Å². The van der Waals surface area contributed by atoms with Crippen molar-refractivity contribution in [1.29, 1.82) is 0 Å². The maximum atomic E-state index is 12.8. The maximum absolute atomic E-state index is 12.8. The molecular weight excluding hydrogens is 297 g/mol. The summed E-state index contributed by atoms with van der Waals surface area (Å²) in [5.74, 6) is -0.214. The van der Waals surface area contributed by atoms with Gasteiger partial charge in [0.15, 0.2) is 0 Å². The zero-order chi connectivity index (χ0) is 16.2. The third kappa shape index (κ3) is 3.74. The van der Waals surface area contributed by atoms with Crippen LogP contribution in [0, 0.1) is 5.82 Å². The number of esters is 1. The molecule has 3 rings (SSSR count). The monoisotopic (exact) mass is 313 g/mol. The van der Waals surface area contributed by atoms with Gasteiger partial charge in [0.1, 0.15) is 11.6 Å². The lowest BCUT2D eigenvalue weighted by molar-refractivity contribution is -0.133. The quantitative estimate of drug-likeness (QED) is 0.643. The second-order valence-corrected chi connectivity index (χ2v) is 5.42. The van der Waals surface area contributed by atoms with Crippen LogP contribution in [0.25, 0.3) is 0 Å². The first-order valence-corrected chi connectivity index (χ1v) is 7.47. The van der Waals surface area contributed by atoms with Crippen LogP contribution in [0.1, 0.15) is 18.4 Å². The Kier molecular flexibility index (Phi) is 4.37. The van der Waals surface area contributed by atoms with Gasteiger partial charge in [0.05, 0.1) is 6.42 Å². The van der Waals surface area contributed by atoms with E-state index in [0.717, 1.165) is 18.7 Å². The molecule has 118 valence electrons. The number of nitrogens with zero attached hydrogens (tertiary/aromatic N) is 1. The third-order valence-corrected chi connectivity index (χ3v) is 3.72. The van der Waals surface area contributed by atoms with Crippen molar-refractivity contribution in [3.05, 3.63) is 59.9 Å². The molecule has 0 spiro atoms. The number of anilines is 1. The molecule has 0 N–H and O–H groups in total. The van der Waals surface area contributed by atoms with Crippen molar-refractivity contribution in [3.63, 3.8) is 0 Å². The van der Waals surface area contributed by atoms with Crippen molar-refractivity contribution < 1.29 is 18.7 Å². The van der Waals surface area contributed by atoms with Gasteiger partial charge < -0.3 is 9.64 Å². The van der Waals surface area contributed by atoms with Crippen molar-refractivity contribution in [2.75, 3.05) is 11.4 Å². The Balaban J connectivity index is 1.60. The molecule has 1 aliphatic heterocycles. The molecular formula is C18H16FNO3. The Morgan fingerprint density at radius 1 is 1.09 bits per heavy atom. The molecule has 23 heavy (non-hydrogen) atoms. The standard InChI is InChI=1S/C18H16FNO3/c19-14-5-3-13(4-6-14)12-18(22)23-16-9-7-15(8-10-16)20-11-1-2-17(20)21/h3-10H,1-2,11-12H2. The summed E-state index contributed by atoms with van der Waals surface area (Å²) in [5.41, 5.74) is 1.50. The molecule has 1 heterocycles. The fourth-order valence-corrected chi connectivity index (χ4v) is 2.55. The van der Waals surface area contributed by atoms with E-state index in [4.69, 9.17) is 4.74 Å². The Labute approximate surface area is 133 Å². The Bertz CT molecular complexity index is 710. The molecule has 0 unspecified atom stereocenters. The summed E-state index contributed by atoms with van der Waals surface area (Å²) in [6.45, 7) is 0.725. The Morgan fingerprint density at radius 3 is 2.39 bits per heavy atom. The summed E-state index contributed by atoms with van der Waals surface area (Å²) in [5, 5.41) is 0. The second kappa shape index (κ2) is 6.60. The van der Waals surface area contributed by atoms with Gasteiger partial charge in [0.2, 0.25) is 5.91 Å². The lowest BCUT2D eigenvalue weighted by atomic mass is 10.1. The van der Waals surface area contributed by atoms with Gasteiger partial charge in [-0.2, -0.15) is 0 Å². The van der Waals surface area contributed by atoms with Gasteiger partial charge in [-0.25, -0.2) is 4.39 Å². The lowest BCUT2D eigenvalue weighted by Gasteiger charge is -2.15. The smallest absolute Gasteiger partial charge is 0.315 e. The van der Waals surface area contributed by atoms with Crippen LogP contribution in [0.5, 0.6) is 5.75 Å². The summed E-state index contributed by atoms with van der Waals surface area (Å²) in [6, 6.07) is 12.6. The SMILES string of the molecule is O=C(Cc1ccc(F)cc1)Oc1ccc(N2CCCC2=O)cc1. The van der Waals surface area contributed by atoms with Crippen molar-refractivity contribution >= 4 is 17.6 Å². The lowest BCUT2D eigenvalue weighted by Crippen LogP contribution is -2.23. The van der Waals surface area contributed by atoms with E-state index in [1.165, 1.54) is 12.1 Å². The van der Waals surface area contributed by atoms with Crippen LogP contribution in [0.15, 0.2) is 48.5 Å². The molecule has 0 aliphatic carbocycles. The highest BCUT2D eigenvalue weighted by molar-refractivity contribution is 5.95. The second-order valence-electron chi connectivity index (χ2n) is 5.42. The average Bonchev–Trinajstić information content (AvgIpc) is 2.96. The number of amides is 1. The first-order chi connectivity index (χ1) is 11.1. The fourth-order valence-electron chi connectivity index (χ4n) is 2.55. The number of halogens is 1. The highest BCUT2D eigenvalue weighted by atomic mass is 19.1. The van der Waals surface area contributed by atoms with Gasteiger partial charge in [0.25, 0.3) is 0 Å². The van der Waals surface area contributed by atoms with Crippen LogP contribution in [-0.4, -0.2) is 18.4 Å². The average molecular weight is 313 g/mol. The van der Waals surface area contributed by atoms with Gasteiger partial charge in [-0.15, -0.1) is 0 Å². The van der Waals surface area contributed by atoms with Crippen molar-refractivity contribution in [2.45, 2.75) is 19.3 Å². The maximum Gasteiger partial charge on any atom is 0.315 e. The van der Waals surface area contributed by atoms with E-state index in [0.29, 0.717) is 17.7 Å². The van der Waals surface area contributed by atoms with Crippen LogP contribution in [0.2, 0.25) is 0 Å². The molecule has 1 saturated heterocycles. The van der Waals surface area contributed by atoms with Gasteiger partial charge in [-0.1, -0.05) is 12.1 Å². The highest BCUT2D eigenvalue weighted by Crippen LogP contribution is 2.24. The minimum absolute atomic E-state index is 0.0760. The number of carbonyl (C=O) groups is 2. The summed E-state index contributed by atoms with van der Waals surface area (Å²) < 4.78 is 18.1. The van der Waals surface area contributed by atoms with E-state index in [-0.39, 0.29) is 18.1 Å². The molecule has 2 aromatic carbocycles. The van der Waals surface area contributed by atoms with E-state index >= 15 is 0 Å². The topological polar surface area (TPSA) is 46.6 Å². The fraction of sp³-hybridized carbons (Fsp3) is 0.222. The third-order valence-electron chi connectivity index (χ3n) is 3.72. The van der Waals surface area contributed by atoms with Crippen LogP contribution in [0.4, 0.5) is 10.1 Å². The molecule has 4 nitrogen and oxygen atoms in total. The number of rotatable bonds is 4. The summed E-state index contributed by atoms with van der Waals surface area (Å²) in [4.78, 5) is 25.3. The molecule has 0 saturated carbocycles.